The fourth-order valence-corrected chi connectivity index (χ4v) is 3.57. The molecule has 146 valence electrons. The van der Waals surface area contributed by atoms with Crippen LogP contribution in [0.2, 0.25) is 0 Å². The highest BCUT2D eigenvalue weighted by atomic mass is 32.2. The first-order valence-electron chi connectivity index (χ1n) is 9.05. The second-order valence-electron chi connectivity index (χ2n) is 6.43. The molecule has 4 heterocycles. The highest BCUT2D eigenvalue weighted by molar-refractivity contribution is 7.98. The number of carbonyl (C=O) groups is 1. The molecule has 0 aromatic carbocycles. The maximum atomic E-state index is 12.1. The fraction of sp³-hybridized carbons (Fsp3) is 0.389. The third kappa shape index (κ3) is 3.72. The lowest BCUT2D eigenvalue weighted by atomic mass is 10.3. The molecule has 1 aliphatic heterocycles. The Balaban J connectivity index is 1.51. The molecule has 0 unspecified atom stereocenters. The van der Waals surface area contributed by atoms with Crippen LogP contribution < -0.4 is 15.8 Å². The maximum absolute atomic E-state index is 12.1. The number of hydrogen-bond donors (Lipinski definition) is 1. The Kier molecular flexibility index (Phi) is 5.29. The molecular formula is C18H20N6O3S. The summed E-state index contributed by atoms with van der Waals surface area (Å²) in [5.74, 6) is 0.624. The lowest BCUT2D eigenvalue weighted by Gasteiger charge is -2.17. The van der Waals surface area contributed by atoms with Crippen molar-refractivity contribution in [2.75, 3.05) is 30.8 Å². The van der Waals surface area contributed by atoms with Crippen LogP contribution in [0.1, 0.15) is 23.2 Å². The summed E-state index contributed by atoms with van der Waals surface area (Å²) in [6.45, 7) is 2.82. The summed E-state index contributed by atoms with van der Waals surface area (Å²) in [7, 11) is 0. The van der Waals surface area contributed by atoms with E-state index in [1.807, 2.05) is 6.26 Å². The summed E-state index contributed by atoms with van der Waals surface area (Å²) in [5.41, 5.74) is 0.576. The largest absolute Gasteiger partial charge is 0.430 e. The Morgan fingerprint density at radius 1 is 1.29 bits per heavy atom. The zero-order valence-electron chi connectivity index (χ0n) is 15.4. The van der Waals surface area contributed by atoms with Crippen molar-refractivity contribution in [1.29, 1.82) is 0 Å². The monoisotopic (exact) mass is 400 g/mol. The number of carbonyl (C=O) groups excluding carboxylic acids is 1. The quantitative estimate of drug-likeness (QED) is 0.490. The van der Waals surface area contributed by atoms with Gasteiger partial charge in [-0.3, -0.25) is 4.79 Å². The van der Waals surface area contributed by atoms with Crippen molar-refractivity contribution in [3.63, 3.8) is 0 Å². The molecule has 28 heavy (non-hydrogen) atoms. The van der Waals surface area contributed by atoms with Crippen LogP contribution in [0.5, 0.6) is 0 Å². The zero-order valence-corrected chi connectivity index (χ0v) is 16.2. The van der Waals surface area contributed by atoms with Crippen molar-refractivity contribution in [2.45, 2.75) is 24.5 Å². The van der Waals surface area contributed by atoms with E-state index in [4.69, 9.17) is 4.42 Å². The molecule has 3 aromatic heterocycles. The number of nitrogens with zero attached hydrogens (tertiary/aromatic N) is 5. The van der Waals surface area contributed by atoms with E-state index in [9.17, 15) is 9.59 Å². The first kappa shape index (κ1) is 18.5. The van der Waals surface area contributed by atoms with E-state index in [0.717, 1.165) is 36.2 Å². The molecule has 1 fully saturated rings. The molecule has 0 radical (unpaired) electrons. The summed E-state index contributed by atoms with van der Waals surface area (Å²) in [6.07, 6.45) is 7.23. The normalized spacial score (nSPS) is 14.0. The molecule has 0 bridgehead atoms. The summed E-state index contributed by atoms with van der Waals surface area (Å²) >= 11 is 1.50. The van der Waals surface area contributed by atoms with E-state index < -0.39 is 5.63 Å². The van der Waals surface area contributed by atoms with E-state index in [0.29, 0.717) is 23.8 Å². The Morgan fingerprint density at radius 2 is 2.11 bits per heavy atom. The van der Waals surface area contributed by atoms with Crippen LogP contribution in [0.4, 0.5) is 5.82 Å². The van der Waals surface area contributed by atoms with Crippen molar-refractivity contribution in [2.24, 2.45) is 0 Å². The van der Waals surface area contributed by atoms with Gasteiger partial charge in [0.05, 0.1) is 23.7 Å². The van der Waals surface area contributed by atoms with Gasteiger partial charge in [0.1, 0.15) is 12.1 Å². The first-order chi connectivity index (χ1) is 13.7. The summed E-state index contributed by atoms with van der Waals surface area (Å²) in [4.78, 5) is 34.7. The number of aromatic nitrogens is 4. The highest BCUT2D eigenvalue weighted by Gasteiger charge is 2.20. The van der Waals surface area contributed by atoms with Crippen LogP contribution in [-0.4, -0.2) is 51.5 Å². The van der Waals surface area contributed by atoms with Gasteiger partial charge in [-0.15, -0.1) is 0 Å². The van der Waals surface area contributed by atoms with Gasteiger partial charge < -0.3 is 14.6 Å². The molecule has 0 aliphatic carbocycles. The van der Waals surface area contributed by atoms with Crippen molar-refractivity contribution in [3.8, 4) is 0 Å². The molecule has 1 saturated heterocycles. The number of anilines is 1. The summed E-state index contributed by atoms with van der Waals surface area (Å²) < 4.78 is 6.50. The lowest BCUT2D eigenvalue weighted by Crippen LogP contribution is -2.27. The van der Waals surface area contributed by atoms with Crippen LogP contribution in [0.3, 0.4) is 0 Å². The third-order valence-electron chi connectivity index (χ3n) is 4.62. The van der Waals surface area contributed by atoms with Gasteiger partial charge in [-0.2, -0.15) is 5.10 Å². The number of fused-ring (bicyclic) bond motifs is 1. The highest BCUT2D eigenvalue weighted by Crippen LogP contribution is 2.28. The molecule has 10 heteroatoms. The Labute approximate surface area is 165 Å². The first-order valence-corrected chi connectivity index (χ1v) is 10.3. The van der Waals surface area contributed by atoms with Crippen molar-refractivity contribution in [1.82, 2.24) is 25.1 Å². The average molecular weight is 400 g/mol. The average Bonchev–Trinajstić information content (AvgIpc) is 3.38. The van der Waals surface area contributed by atoms with E-state index in [-0.39, 0.29) is 5.91 Å². The van der Waals surface area contributed by atoms with E-state index in [2.05, 4.69) is 25.3 Å². The smallest absolute Gasteiger partial charge is 0.335 e. The molecule has 9 nitrogen and oxygen atoms in total. The van der Waals surface area contributed by atoms with E-state index in [1.54, 1.807) is 10.9 Å². The lowest BCUT2D eigenvalue weighted by molar-refractivity contribution is 0.0949. The number of hydrogen-bond acceptors (Lipinski definition) is 8. The second-order valence-corrected chi connectivity index (χ2v) is 7.21. The molecule has 0 spiro atoms. The third-order valence-corrected chi connectivity index (χ3v) is 5.16. The van der Waals surface area contributed by atoms with Gasteiger partial charge in [-0.05, 0) is 25.2 Å². The van der Waals surface area contributed by atoms with Gasteiger partial charge in [0, 0.05) is 25.7 Å². The number of thioether (sulfide) groups is 1. The Morgan fingerprint density at radius 3 is 2.82 bits per heavy atom. The molecule has 3 aromatic rings. The summed E-state index contributed by atoms with van der Waals surface area (Å²) in [6, 6.07) is 2.65. The van der Waals surface area contributed by atoms with Crippen LogP contribution in [-0.2, 0) is 6.54 Å². The van der Waals surface area contributed by atoms with Crippen LogP contribution in [0.15, 0.2) is 39.0 Å². The Hall–Kier alpha value is -2.88. The minimum Gasteiger partial charge on any atom is -0.430 e. The van der Waals surface area contributed by atoms with Crippen LogP contribution >= 0.6 is 11.8 Å². The van der Waals surface area contributed by atoms with Gasteiger partial charge in [0.25, 0.3) is 5.91 Å². The van der Waals surface area contributed by atoms with Gasteiger partial charge in [-0.1, -0.05) is 11.8 Å². The minimum atomic E-state index is -0.488. The molecule has 1 amide bonds. The predicted molar refractivity (Wildman–Crippen MR) is 106 cm³/mol. The Bertz CT molecular complexity index is 1040. The van der Waals surface area contributed by atoms with Gasteiger partial charge in [-0.25, -0.2) is 19.4 Å². The van der Waals surface area contributed by atoms with Gasteiger partial charge >= 0.3 is 5.63 Å². The standard InChI is InChI=1S/C18H20N6O3S/c1-28-18-21-15(23-7-2-3-8-23)13-10-20-24(16(13)22-18)9-6-19-17(26)12-4-5-14(25)27-11-12/h4-5,10-11H,2-3,6-9H2,1H3,(H,19,26). The van der Waals surface area contributed by atoms with E-state index in [1.165, 1.54) is 36.7 Å². The minimum absolute atomic E-state index is 0.299. The van der Waals surface area contributed by atoms with Crippen molar-refractivity contribution < 1.29 is 9.21 Å². The van der Waals surface area contributed by atoms with Crippen molar-refractivity contribution >= 4 is 34.5 Å². The molecular weight excluding hydrogens is 380 g/mol. The van der Waals surface area contributed by atoms with Gasteiger partial charge in [0.2, 0.25) is 0 Å². The fourth-order valence-electron chi connectivity index (χ4n) is 3.21. The molecule has 4 rings (SSSR count). The van der Waals surface area contributed by atoms with Crippen LogP contribution in [0, 0.1) is 0 Å². The molecule has 0 saturated carbocycles. The second kappa shape index (κ2) is 8.01. The van der Waals surface area contributed by atoms with Gasteiger partial charge in [0.15, 0.2) is 10.8 Å². The number of amides is 1. The molecule has 0 atom stereocenters. The van der Waals surface area contributed by atoms with Crippen molar-refractivity contribution in [3.05, 3.63) is 40.6 Å². The van der Waals surface area contributed by atoms with E-state index >= 15 is 0 Å². The predicted octanol–water partition coefficient (Wildman–Crippen LogP) is 1.53. The SMILES string of the molecule is CSc1nc(N2CCCC2)c2cnn(CCNC(=O)c3ccc(=O)oc3)c2n1. The van der Waals surface area contributed by atoms with Crippen LogP contribution in [0.25, 0.3) is 11.0 Å². The molecule has 1 N–H and O–H groups in total. The maximum Gasteiger partial charge on any atom is 0.335 e. The molecule has 1 aliphatic rings. The zero-order chi connectivity index (χ0) is 19.5. The topological polar surface area (TPSA) is 106 Å². The number of rotatable bonds is 6. The number of nitrogens with one attached hydrogen (secondary N) is 1. The summed E-state index contributed by atoms with van der Waals surface area (Å²) in [5, 5.41) is 8.88.